The first-order chi connectivity index (χ1) is 8.90. The highest BCUT2D eigenvalue weighted by Crippen LogP contribution is 2.37. The summed E-state index contributed by atoms with van der Waals surface area (Å²) >= 11 is 0. The number of rotatable bonds is 1. The molecule has 4 nitrogen and oxygen atoms in total. The summed E-state index contributed by atoms with van der Waals surface area (Å²) < 4.78 is 5.79. The van der Waals surface area contributed by atoms with Crippen LogP contribution in [0.15, 0.2) is 6.20 Å². The molecule has 102 valence electrons. The first kappa shape index (κ1) is 12.7. The second-order valence-corrected chi connectivity index (χ2v) is 6.68. The molecule has 1 fully saturated rings. The lowest BCUT2D eigenvalue weighted by atomic mass is 9.76. The minimum absolute atomic E-state index is 0.00680. The van der Waals surface area contributed by atoms with Crippen LogP contribution in [0.25, 0.3) is 0 Å². The topological polar surface area (TPSA) is 52.1 Å². The molecule has 1 aliphatic carbocycles. The van der Waals surface area contributed by atoms with E-state index in [0.717, 1.165) is 37.4 Å². The number of fused-ring (bicyclic) bond motifs is 1. The first-order valence-electron chi connectivity index (χ1n) is 6.93. The number of hydrogen-bond acceptors (Lipinski definition) is 4. The van der Waals surface area contributed by atoms with E-state index in [9.17, 15) is 4.79 Å². The zero-order chi connectivity index (χ0) is 13.7. The molecule has 0 amide bonds. The summed E-state index contributed by atoms with van der Waals surface area (Å²) in [5.74, 6) is 0.893. The molecular formula is C15H20N2O2. The van der Waals surface area contributed by atoms with Gasteiger partial charge in [0, 0.05) is 19.2 Å². The summed E-state index contributed by atoms with van der Waals surface area (Å²) in [5.41, 5.74) is 1.21. The molecular weight excluding hydrogens is 240 g/mol. The van der Waals surface area contributed by atoms with Crippen molar-refractivity contribution in [3.05, 3.63) is 23.3 Å². The molecule has 1 unspecified atom stereocenters. The smallest absolute Gasteiger partial charge is 0.166 e. The molecule has 1 saturated heterocycles. The molecule has 1 aromatic rings. The van der Waals surface area contributed by atoms with Crippen LogP contribution >= 0.6 is 0 Å². The number of carbonyl (C=O) groups is 1. The van der Waals surface area contributed by atoms with E-state index in [4.69, 9.17) is 4.74 Å². The van der Waals surface area contributed by atoms with Crippen LogP contribution in [0.5, 0.6) is 0 Å². The summed E-state index contributed by atoms with van der Waals surface area (Å²) in [5, 5.41) is 0. The lowest BCUT2D eigenvalue weighted by Gasteiger charge is -2.30. The number of ether oxygens (including phenoxy) is 1. The van der Waals surface area contributed by atoms with Crippen LogP contribution < -0.4 is 0 Å². The van der Waals surface area contributed by atoms with Crippen molar-refractivity contribution in [3.8, 4) is 0 Å². The molecule has 1 aromatic heterocycles. The van der Waals surface area contributed by atoms with Gasteiger partial charge < -0.3 is 4.74 Å². The molecule has 0 N–H and O–H groups in total. The highest BCUT2D eigenvalue weighted by atomic mass is 16.5. The van der Waals surface area contributed by atoms with Gasteiger partial charge in [0.2, 0.25) is 0 Å². The summed E-state index contributed by atoms with van der Waals surface area (Å²) in [6, 6.07) is 0. The second-order valence-electron chi connectivity index (χ2n) is 6.68. The molecule has 1 aliphatic heterocycles. The maximum atomic E-state index is 12.1. The average molecular weight is 260 g/mol. The standard InChI is InChI=1S/C15H20N2O2/c1-14(2)7-11-10(12(18)8-14)9-16-13(17-11)15(3)5-4-6-19-15/h9H,4-8H2,1-3H3. The number of Topliss-reactive ketones (excluding diaryl/α,β-unsaturated/α-hetero) is 1. The van der Waals surface area contributed by atoms with E-state index in [2.05, 4.69) is 23.8 Å². The van der Waals surface area contributed by atoms with Crippen LogP contribution in [-0.2, 0) is 16.8 Å². The SMILES string of the molecule is CC1(C)CC(=O)c2cnc(C3(C)CCCO3)nc2C1. The van der Waals surface area contributed by atoms with Crippen LogP contribution in [0, 0.1) is 5.41 Å². The Hall–Kier alpha value is -1.29. The Kier molecular flexibility index (Phi) is 2.75. The molecule has 0 spiro atoms. The van der Waals surface area contributed by atoms with Gasteiger partial charge in [-0.25, -0.2) is 9.97 Å². The third-order valence-electron chi connectivity index (χ3n) is 4.15. The predicted octanol–water partition coefficient (Wildman–Crippen LogP) is 2.66. The van der Waals surface area contributed by atoms with Gasteiger partial charge in [0.1, 0.15) is 5.60 Å². The van der Waals surface area contributed by atoms with Crippen LogP contribution in [0.2, 0.25) is 0 Å². The van der Waals surface area contributed by atoms with Crippen molar-refractivity contribution in [1.29, 1.82) is 0 Å². The molecule has 19 heavy (non-hydrogen) atoms. The van der Waals surface area contributed by atoms with Crippen molar-refractivity contribution in [2.75, 3.05) is 6.61 Å². The molecule has 2 aliphatic rings. The Morgan fingerprint density at radius 2 is 2.05 bits per heavy atom. The fourth-order valence-electron chi connectivity index (χ4n) is 3.04. The van der Waals surface area contributed by atoms with Crippen molar-refractivity contribution < 1.29 is 9.53 Å². The van der Waals surface area contributed by atoms with Crippen molar-refractivity contribution >= 4 is 5.78 Å². The Balaban J connectivity index is 2.02. The predicted molar refractivity (Wildman–Crippen MR) is 71.0 cm³/mol. The van der Waals surface area contributed by atoms with Gasteiger partial charge >= 0.3 is 0 Å². The van der Waals surface area contributed by atoms with E-state index in [1.54, 1.807) is 6.20 Å². The number of carbonyl (C=O) groups excluding carboxylic acids is 1. The van der Waals surface area contributed by atoms with Crippen LogP contribution in [0.3, 0.4) is 0 Å². The van der Waals surface area contributed by atoms with Crippen LogP contribution in [-0.4, -0.2) is 22.4 Å². The van der Waals surface area contributed by atoms with Gasteiger partial charge in [0.25, 0.3) is 0 Å². The lowest BCUT2D eigenvalue weighted by Crippen LogP contribution is -2.31. The Morgan fingerprint density at radius 3 is 2.74 bits per heavy atom. The summed E-state index contributed by atoms with van der Waals surface area (Å²) in [6.45, 7) is 7.03. The molecule has 0 saturated carbocycles. The van der Waals surface area contributed by atoms with Gasteiger partial charge in [-0.2, -0.15) is 0 Å². The van der Waals surface area contributed by atoms with E-state index >= 15 is 0 Å². The third-order valence-corrected chi connectivity index (χ3v) is 4.15. The van der Waals surface area contributed by atoms with E-state index in [1.165, 1.54) is 0 Å². The maximum absolute atomic E-state index is 12.1. The number of aromatic nitrogens is 2. The van der Waals surface area contributed by atoms with Crippen molar-refractivity contribution in [1.82, 2.24) is 9.97 Å². The largest absolute Gasteiger partial charge is 0.367 e. The van der Waals surface area contributed by atoms with Gasteiger partial charge in [0.05, 0.1) is 11.3 Å². The van der Waals surface area contributed by atoms with Crippen molar-refractivity contribution in [3.63, 3.8) is 0 Å². The molecule has 1 atom stereocenters. The first-order valence-corrected chi connectivity index (χ1v) is 6.93. The Bertz CT molecular complexity index is 531. The fraction of sp³-hybridized carbons (Fsp3) is 0.667. The van der Waals surface area contributed by atoms with Gasteiger partial charge in [-0.3, -0.25) is 4.79 Å². The lowest BCUT2D eigenvalue weighted by molar-refractivity contribution is 0.00892. The highest BCUT2D eigenvalue weighted by Gasteiger charge is 2.37. The molecule has 0 bridgehead atoms. The molecule has 4 heteroatoms. The number of nitrogens with zero attached hydrogens (tertiary/aromatic N) is 2. The van der Waals surface area contributed by atoms with Gasteiger partial charge in [-0.15, -0.1) is 0 Å². The summed E-state index contributed by atoms with van der Waals surface area (Å²) in [4.78, 5) is 21.1. The van der Waals surface area contributed by atoms with E-state index < -0.39 is 0 Å². The number of ketones is 1. The quantitative estimate of drug-likeness (QED) is 0.779. The average Bonchev–Trinajstić information content (AvgIpc) is 2.75. The second kappa shape index (κ2) is 4.10. The summed E-state index contributed by atoms with van der Waals surface area (Å²) in [6.07, 6.45) is 5.10. The Labute approximate surface area is 113 Å². The van der Waals surface area contributed by atoms with Gasteiger partial charge in [-0.05, 0) is 31.6 Å². The molecule has 0 radical (unpaired) electrons. The van der Waals surface area contributed by atoms with Gasteiger partial charge in [0.15, 0.2) is 11.6 Å². The van der Waals surface area contributed by atoms with Crippen molar-refractivity contribution in [2.45, 2.75) is 52.1 Å². The zero-order valence-corrected chi connectivity index (χ0v) is 11.8. The third kappa shape index (κ3) is 2.18. The minimum Gasteiger partial charge on any atom is -0.367 e. The van der Waals surface area contributed by atoms with Crippen LogP contribution in [0.4, 0.5) is 0 Å². The minimum atomic E-state index is -0.375. The molecule has 2 heterocycles. The van der Waals surface area contributed by atoms with Crippen molar-refractivity contribution in [2.24, 2.45) is 5.41 Å². The number of hydrogen-bond donors (Lipinski definition) is 0. The fourth-order valence-corrected chi connectivity index (χ4v) is 3.04. The van der Waals surface area contributed by atoms with E-state index in [-0.39, 0.29) is 16.8 Å². The summed E-state index contributed by atoms with van der Waals surface area (Å²) in [7, 11) is 0. The molecule has 3 rings (SSSR count). The Morgan fingerprint density at radius 1 is 1.26 bits per heavy atom. The highest BCUT2D eigenvalue weighted by molar-refractivity contribution is 5.98. The zero-order valence-electron chi connectivity index (χ0n) is 11.8. The van der Waals surface area contributed by atoms with Crippen LogP contribution in [0.1, 0.15) is 61.9 Å². The molecule has 0 aromatic carbocycles. The monoisotopic (exact) mass is 260 g/mol. The van der Waals surface area contributed by atoms with Gasteiger partial charge in [-0.1, -0.05) is 13.8 Å². The normalized spacial score (nSPS) is 29.3. The maximum Gasteiger partial charge on any atom is 0.166 e. The van der Waals surface area contributed by atoms with E-state index in [0.29, 0.717) is 12.0 Å². The van der Waals surface area contributed by atoms with E-state index in [1.807, 2.05) is 6.92 Å².